The molecule has 4 aromatic carbocycles. The summed E-state index contributed by atoms with van der Waals surface area (Å²) >= 11 is 12.3. The Bertz CT molecular complexity index is 1900. The van der Waals surface area contributed by atoms with Crippen molar-refractivity contribution < 1.29 is 38.2 Å². The predicted molar refractivity (Wildman–Crippen MR) is 197 cm³/mol. The highest BCUT2D eigenvalue weighted by atomic mass is 35.5. The highest BCUT2D eigenvalue weighted by molar-refractivity contribution is 6.34. The molecule has 5 rings (SSSR count). The van der Waals surface area contributed by atoms with Crippen LogP contribution in [0.4, 0.5) is 15.3 Å². The smallest absolute Gasteiger partial charge is 0.422 e. The number of hydrogen-bond donors (Lipinski definition) is 2. The fourth-order valence-electron chi connectivity index (χ4n) is 5.24. The van der Waals surface area contributed by atoms with E-state index in [4.69, 9.17) is 37.4 Å². The molecule has 1 aliphatic heterocycles. The number of nitrogens with zero attached hydrogens (tertiary/aromatic N) is 3. The van der Waals surface area contributed by atoms with E-state index in [0.717, 1.165) is 0 Å². The molecule has 1 aliphatic rings. The molecule has 274 valence electrons. The number of ether oxygens (including phenoxy) is 3. The summed E-state index contributed by atoms with van der Waals surface area (Å²) in [6, 6.07) is 26.8. The number of benzene rings is 4. The van der Waals surface area contributed by atoms with Crippen LogP contribution >= 0.6 is 23.2 Å². The molecule has 1 atom stereocenters. The van der Waals surface area contributed by atoms with Crippen LogP contribution in [0, 0.1) is 0 Å². The van der Waals surface area contributed by atoms with Gasteiger partial charge in [-0.05, 0) is 79.6 Å². The standard InChI is InChI=1S/C38H35Cl2N5O8/c1-2-51-34(47)23-32(26-19-27(39)22-28(40)20-26)43-33(46)24-41-35(48)25-11-9-12-29(21-25)42-36-44(37(49)52-30-13-5-3-6-14-30)17-10-18-45(36)38(50)53-31-15-7-4-8-16-31/h3-9,11-16,19-22,32H,2,10,17-18,23-24H2,1H3,(H,41,48)(H,43,46). The second kappa shape index (κ2) is 18.5. The van der Waals surface area contributed by atoms with Gasteiger partial charge < -0.3 is 24.8 Å². The first-order valence-corrected chi connectivity index (χ1v) is 17.3. The largest absolute Gasteiger partial charge is 0.466 e. The van der Waals surface area contributed by atoms with Crippen LogP contribution in [0.5, 0.6) is 11.5 Å². The van der Waals surface area contributed by atoms with E-state index in [1.54, 1.807) is 91.9 Å². The van der Waals surface area contributed by atoms with E-state index in [2.05, 4.69) is 15.6 Å². The van der Waals surface area contributed by atoms with Crippen LogP contribution in [0.1, 0.15) is 41.7 Å². The van der Waals surface area contributed by atoms with Crippen LogP contribution in [0.2, 0.25) is 10.0 Å². The molecule has 0 bridgehead atoms. The van der Waals surface area contributed by atoms with Crippen molar-refractivity contribution in [2.75, 3.05) is 26.2 Å². The van der Waals surface area contributed by atoms with E-state index in [0.29, 0.717) is 33.5 Å². The van der Waals surface area contributed by atoms with Crippen molar-refractivity contribution in [1.29, 1.82) is 0 Å². The third kappa shape index (κ3) is 11.0. The van der Waals surface area contributed by atoms with E-state index in [1.807, 2.05) is 0 Å². The highest BCUT2D eigenvalue weighted by Gasteiger charge is 2.35. The van der Waals surface area contributed by atoms with Gasteiger partial charge in [0.2, 0.25) is 11.9 Å². The summed E-state index contributed by atoms with van der Waals surface area (Å²) in [4.78, 5) is 72.4. The van der Waals surface area contributed by atoms with Gasteiger partial charge in [-0.1, -0.05) is 65.7 Å². The zero-order valence-corrected chi connectivity index (χ0v) is 30.0. The molecule has 15 heteroatoms. The molecule has 2 N–H and O–H groups in total. The van der Waals surface area contributed by atoms with Gasteiger partial charge >= 0.3 is 18.2 Å². The molecule has 0 spiro atoms. The van der Waals surface area contributed by atoms with Crippen molar-refractivity contribution >= 4 is 64.8 Å². The maximum atomic E-state index is 13.4. The average molecular weight is 761 g/mol. The van der Waals surface area contributed by atoms with Crippen LogP contribution in [0.25, 0.3) is 0 Å². The molecule has 1 fully saturated rings. The minimum atomic E-state index is -0.836. The Morgan fingerprint density at radius 1 is 0.774 bits per heavy atom. The predicted octanol–water partition coefficient (Wildman–Crippen LogP) is 6.93. The SMILES string of the molecule is CCOC(=O)CC(NC(=O)CNC(=O)c1cccc(N=C2N(C(=O)Oc3ccccc3)CCCN2C(=O)Oc2ccccc2)c1)c1cc(Cl)cc(Cl)c1. The van der Waals surface area contributed by atoms with E-state index >= 15 is 0 Å². The normalized spacial score (nSPS) is 13.0. The first-order chi connectivity index (χ1) is 25.6. The molecule has 53 heavy (non-hydrogen) atoms. The number of carbonyl (C=O) groups is 5. The Kier molecular flexibility index (Phi) is 13.4. The van der Waals surface area contributed by atoms with Gasteiger partial charge in [-0.3, -0.25) is 14.4 Å². The fourth-order valence-corrected chi connectivity index (χ4v) is 5.79. The van der Waals surface area contributed by atoms with Crippen LogP contribution in [0.3, 0.4) is 0 Å². The molecule has 0 radical (unpaired) electrons. The number of halogens is 2. The molecule has 0 aliphatic carbocycles. The number of amides is 4. The molecule has 0 saturated carbocycles. The number of rotatable bonds is 11. The molecule has 4 aromatic rings. The lowest BCUT2D eigenvalue weighted by atomic mass is 10.0. The van der Waals surface area contributed by atoms with Gasteiger partial charge in [-0.25, -0.2) is 24.4 Å². The van der Waals surface area contributed by atoms with Crippen LogP contribution in [-0.2, 0) is 14.3 Å². The zero-order valence-electron chi connectivity index (χ0n) is 28.5. The molecule has 13 nitrogen and oxygen atoms in total. The summed E-state index contributed by atoms with van der Waals surface area (Å²) in [6.45, 7) is 1.76. The van der Waals surface area contributed by atoms with Gasteiger partial charge in [0.05, 0.1) is 31.3 Å². The molecule has 1 unspecified atom stereocenters. The van der Waals surface area contributed by atoms with Gasteiger partial charge in [0, 0.05) is 28.7 Å². The van der Waals surface area contributed by atoms with Gasteiger partial charge in [0.25, 0.3) is 5.91 Å². The van der Waals surface area contributed by atoms with Crippen molar-refractivity contribution in [3.63, 3.8) is 0 Å². The van der Waals surface area contributed by atoms with Gasteiger partial charge in [0.15, 0.2) is 0 Å². The Morgan fingerprint density at radius 2 is 1.36 bits per heavy atom. The van der Waals surface area contributed by atoms with E-state index in [-0.39, 0.29) is 43.3 Å². The molecule has 1 saturated heterocycles. The lowest BCUT2D eigenvalue weighted by Gasteiger charge is -2.35. The number of aliphatic imine (C=N–C) groups is 1. The van der Waals surface area contributed by atoms with Crippen molar-refractivity contribution in [3.05, 3.63) is 124 Å². The summed E-state index contributed by atoms with van der Waals surface area (Å²) in [5.74, 6) is -1.22. The Morgan fingerprint density at radius 3 is 1.92 bits per heavy atom. The third-order valence-electron chi connectivity index (χ3n) is 7.63. The summed E-state index contributed by atoms with van der Waals surface area (Å²) in [5.41, 5.74) is 0.839. The number of hydrogen-bond acceptors (Lipinski definition) is 9. The highest BCUT2D eigenvalue weighted by Crippen LogP contribution is 2.26. The maximum absolute atomic E-state index is 13.4. The molecular formula is C38H35Cl2N5O8. The second-order valence-corrected chi connectivity index (χ2v) is 12.4. The quantitative estimate of drug-likeness (QED) is 0.156. The zero-order chi connectivity index (χ0) is 37.7. The number of nitrogens with one attached hydrogen (secondary N) is 2. The number of guanidine groups is 1. The van der Waals surface area contributed by atoms with Crippen LogP contribution in [-0.4, -0.2) is 72.0 Å². The number of carbonyl (C=O) groups excluding carboxylic acids is 5. The summed E-state index contributed by atoms with van der Waals surface area (Å²) in [5, 5.41) is 5.91. The van der Waals surface area contributed by atoms with E-state index in [1.165, 1.54) is 28.0 Å². The minimum absolute atomic E-state index is 0.0659. The Labute approximate surface area is 315 Å². The summed E-state index contributed by atoms with van der Waals surface area (Å²) < 4.78 is 16.2. The first-order valence-electron chi connectivity index (χ1n) is 16.6. The minimum Gasteiger partial charge on any atom is -0.466 e. The van der Waals surface area contributed by atoms with Crippen LogP contribution in [0.15, 0.2) is 108 Å². The monoisotopic (exact) mass is 759 g/mol. The first kappa shape index (κ1) is 38.3. The van der Waals surface area contributed by atoms with Crippen LogP contribution < -0.4 is 20.1 Å². The lowest BCUT2D eigenvalue weighted by Crippen LogP contribution is -2.56. The molecule has 4 amide bonds. The van der Waals surface area contributed by atoms with Crippen molar-refractivity contribution in [2.24, 2.45) is 4.99 Å². The number of esters is 1. The van der Waals surface area contributed by atoms with E-state index < -0.39 is 42.6 Å². The third-order valence-corrected chi connectivity index (χ3v) is 8.07. The maximum Gasteiger partial charge on any atom is 0.422 e. The number of para-hydroxylation sites is 2. The topological polar surface area (TPSA) is 156 Å². The molecule has 0 aromatic heterocycles. The van der Waals surface area contributed by atoms with Crippen molar-refractivity contribution in [2.45, 2.75) is 25.8 Å². The molecular weight excluding hydrogens is 725 g/mol. The Balaban J connectivity index is 1.33. The summed E-state index contributed by atoms with van der Waals surface area (Å²) in [6.07, 6.45) is -1.33. The Hall–Kier alpha value is -5.92. The average Bonchev–Trinajstić information content (AvgIpc) is 3.14. The van der Waals surface area contributed by atoms with Gasteiger partial charge in [-0.15, -0.1) is 0 Å². The fraction of sp³-hybridized carbons (Fsp3) is 0.211. The molecule has 1 heterocycles. The lowest BCUT2D eigenvalue weighted by molar-refractivity contribution is -0.143. The second-order valence-electron chi connectivity index (χ2n) is 11.5. The van der Waals surface area contributed by atoms with Crippen molar-refractivity contribution in [1.82, 2.24) is 20.4 Å². The van der Waals surface area contributed by atoms with E-state index in [9.17, 15) is 24.0 Å². The van der Waals surface area contributed by atoms with Gasteiger partial charge in [0.1, 0.15) is 11.5 Å². The van der Waals surface area contributed by atoms with Crippen molar-refractivity contribution in [3.8, 4) is 11.5 Å². The van der Waals surface area contributed by atoms with Gasteiger partial charge in [-0.2, -0.15) is 0 Å². The summed E-state index contributed by atoms with van der Waals surface area (Å²) in [7, 11) is 0.